The molecule has 4 bridgehead atoms. The molecule has 4 aliphatic carbocycles. The quantitative estimate of drug-likeness (QED) is 0.741. The van der Waals surface area contributed by atoms with E-state index in [0.717, 1.165) is 34.0 Å². The molecule has 0 spiro atoms. The highest BCUT2D eigenvalue weighted by Crippen LogP contribution is 2.60. The molecular weight excluding hydrogens is 340 g/mol. The second kappa shape index (κ2) is 5.79. The molecule has 0 amide bonds. The number of thiazole rings is 1. The molecule has 2 aromatic heterocycles. The molecule has 0 atom stereocenters. The molecule has 2 heterocycles. The van der Waals surface area contributed by atoms with E-state index in [1.54, 1.807) is 11.3 Å². The average Bonchev–Trinajstić information content (AvgIpc) is 3.21. The van der Waals surface area contributed by atoms with Crippen LogP contribution < -0.4 is 0 Å². The van der Waals surface area contributed by atoms with Crippen molar-refractivity contribution in [3.63, 3.8) is 0 Å². The minimum atomic E-state index is 0.300. The minimum Gasteiger partial charge on any atom is -0.272 e. The van der Waals surface area contributed by atoms with Crippen molar-refractivity contribution in [3.8, 4) is 6.07 Å². The van der Waals surface area contributed by atoms with Crippen LogP contribution >= 0.6 is 11.3 Å². The van der Waals surface area contributed by atoms with E-state index in [2.05, 4.69) is 16.5 Å². The summed E-state index contributed by atoms with van der Waals surface area (Å²) in [6, 6.07) is 2.36. The summed E-state index contributed by atoms with van der Waals surface area (Å²) in [5.41, 5.74) is 4.28. The zero-order valence-corrected chi connectivity index (χ0v) is 16.2. The van der Waals surface area contributed by atoms with Gasteiger partial charge in [-0.25, -0.2) is 4.98 Å². The molecule has 6 rings (SSSR count). The van der Waals surface area contributed by atoms with Crippen LogP contribution in [0.4, 0.5) is 0 Å². The largest absolute Gasteiger partial charge is 0.272 e. The van der Waals surface area contributed by atoms with E-state index in [0.29, 0.717) is 11.0 Å². The number of hydrogen-bond donors (Lipinski definition) is 0. The Balaban J connectivity index is 1.48. The van der Waals surface area contributed by atoms with Crippen molar-refractivity contribution >= 4 is 23.0 Å². The van der Waals surface area contributed by atoms with Crippen LogP contribution in [-0.4, -0.2) is 14.8 Å². The first kappa shape index (κ1) is 16.3. The molecule has 4 nitrogen and oxygen atoms in total. The molecule has 0 N–H and O–H groups in total. The summed E-state index contributed by atoms with van der Waals surface area (Å²) in [5, 5.41) is 17.1. The first-order chi connectivity index (χ1) is 12.6. The Labute approximate surface area is 158 Å². The maximum atomic E-state index is 9.70. The van der Waals surface area contributed by atoms with Crippen molar-refractivity contribution in [3.05, 3.63) is 33.5 Å². The predicted octanol–water partition coefficient (Wildman–Crippen LogP) is 4.72. The van der Waals surface area contributed by atoms with Crippen molar-refractivity contribution in [1.82, 2.24) is 14.8 Å². The lowest BCUT2D eigenvalue weighted by Gasteiger charge is -2.56. The van der Waals surface area contributed by atoms with Crippen molar-refractivity contribution in [2.75, 3.05) is 0 Å². The zero-order valence-electron chi connectivity index (χ0n) is 15.4. The molecule has 0 radical (unpaired) electrons. The lowest BCUT2D eigenvalue weighted by molar-refractivity contribution is -0.00694. The first-order valence-electron chi connectivity index (χ1n) is 9.63. The van der Waals surface area contributed by atoms with Gasteiger partial charge in [-0.05, 0) is 69.3 Å². The summed E-state index contributed by atoms with van der Waals surface area (Å²) >= 11 is 1.63. The minimum absolute atomic E-state index is 0.300. The Morgan fingerprint density at radius 3 is 2.46 bits per heavy atom. The molecule has 0 aliphatic heterocycles. The SMILES string of the molecule is Cc1c(/C=C(\C#N)c2nc(C34CC5CC(CC(C5)C3)C4)cs2)cnn1C. The lowest BCUT2D eigenvalue weighted by atomic mass is 9.49. The highest BCUT2D eigenvalue weighted by molar-refractivity contribution is 7.11. The summed E-state index contributed by atoms with van der Waals surface area (Å²) in [6.45, 7) is 2.02. The van der Waals surface area contributed by atoms with Gasteiger partial charge in [0.25, 0.3) is 0 Å². The highest BCUT2D eigenvalue weighted by atomic mass is 32.1. The maximum Gasteiger partial charge on any atom is 0.134 e. The topological polar surface area (TPSA) is 54.5 Å². The summed E-state index contributed by atoms with van der Waals surface area (Å²) in [6.07, 6.45) is 12.0. The van der Waals surface area contributed by atoms with Gasteiger partial charge in [-0.15, -0.1) is 11.3 Å². The van der Waals surface area contributed by atoms with Crippen molar-refractivity contribution in [2.45, 2.75) is 50.9 Å². The third-order valence-electron chi connectivity index (χ3n) is 7.01. The molecule has 5 heteroatoms. The molecule has 4 saturated carbocycles. The van der Waals surface area contributed by atoms with Gasteiger partial charge in [0.1, 0.15) is 11.1 Å². The molecule has 0 aromatic carbocycles. The van der Waals surface area contributed by atoms with Crippen molar-refractivity contribution < 1.29 is 0 Å². The average molecular weight is 365 g/mol. The standard InChI is InChI=1S/C21H24N4S/c1-13-18(11-23-25(13)2)6-17(10-22)20-24-19(12-26-20)21-7-14-3-15(8-21)5-16(4-14)9-21/h6,11-12,14-16H,3-5,7-9H2,1-2H3/b17-6+. The van der Waals surface area contributed by atoms with Crippen LogP contribution in [0.15, 0.2) is 11.6 Å². The van der Waals surface area contributed by atoms with Gasteiger partial charge in [-0.1, -0.05) is 0 Å². The van der Waals surface area contributed by atoms with Crippen molar-refractivity contribution in [2.24, 2.45) is 24.8 Å². The second-order valence-electron chi connectivity index (χ2n) is 8.71. The Morgan fingerprint density at radius 1 is 1.27 bits per heavy atom. The van der Waals surface area contributed by atoms with Crippen LogP contribution in [0.1, 0.15) is 60.5 Å². The molecule has 0 unspecified atom stereocenters. The predicted molar refractivity (Wildman–Crippen MR) is 103 cm³/mol. The van der Waals surface area contributed by atoms with Crippen LogP contribution in [-0.2, 0) is 12.5 Å². The van der Waals surface area contributed by atoms with E-state index >= 15 is 0 Å². The summed E-state index contributed by atoms with van der Waals surface area (Å²) in [7, 11) is 1.92. The van der Waals surface area contributed by atoms with E-state index in [-0.39, 0.29) is 0 Å². The molecule has 134 valence electrons. The monoisotopic (exact) mass is 364 g/mol. The molecule has 0 saturated heterocycles. The van der Waals surface area contributed by atoms with Gasteiger partial charge in [-0.3, -0.25) is 4.68 Å². The molecule has 26 heavy (non-hydrogen) atoms. The lowest BCUT2D eigenvalue weighted by Crippen LogP contribution is -2.48. The molecule has 2 aromatic rings. The number of allylic oxidation sites excluding steroid dienone is 1. The van der Waals surface area contributed by atoms with Crippen LogP contribution in [0.2, 0.25) is 0 Å². The Bertz CT molecular complexity index is 891. The van der Waals surface area contributed by atoms with E-state index in [1.165, 1.54) is 44.2 Å². The fraction of sp³-hybridized carbons (Fsp3) is 0.571. The van der Waals surface area contributed by atoms with E-state index in [4.69, 9.17) is 4.98 Å². The fourth-order valence-corrected chi connectivity index (χ4v) is 6.93. The number of nitrogens with zero attached hydrogens (tertiary/aromatic N) is 4. The van der Waals surface area contributed by atoms with Gasteiger partial charge in [0.2, 0.25) is 0 Å². The second-order valence-corrected chi connectivity index (χ2v) is 9.57. The third kappa shape index (κ3) is 2.46. The van der Waals surface area contributed by atoms with Gasteiger partial charge in [-0.2, -0.15) is 10.4 Å². The van der Waals surface area contributed by atoms with Gasteiger partial charge in [0.15, 0.2) is 0 Å². The first-order valence-corrected chi connectivity index (χ1v) is 10.5. The van der Waals surface area contributed by atoms with E-state index in [1.807, 2.05) is 30.9 Å². The summed E-state index contributed by atoms with van der Waals surface area (Å²) in [4.78, 5) is 5.00. The smallest absolute Gasteiger partial charge is 0.134 e. The van der Waals surface area contributed by atoms with Crippen LogP contribution in [0.25, 0.3) is 11.6 Å². The van der Waals surface area contributed by atoms with Crippen LogP contribution in [0.3, 0.4) is 0 Å². The van der Waals surface area contributed by atoms with Crippen LogP contribution in [0.5, 0.6) is 0 Å². The van der Waals surface area contributed by atoms with Gasteiger partial charge in [0, 0.05) is 29.1 Å². The zero-order chi connectivity index (χ0) is 17.9. The van der Waals surface area contributed by atoms with Gasteiger partial charge < -0.3 is 0 Å². The van der Waals surface area contributed by atoms with Crippen LogP contribution in [0, 0.1) is 36.0 Å². The number of aryl methyl sites for hydroxylation is 1. The summed E-state index contributed by atoms with van der Waals surface area (Å²) < 4.78 is 1.84. The van der Waals surface area contributed by atoms with E-state index in [9.17, 15) is 5.26 Å². The summed E-state index contributed by atoms with van der Waals surface area (Å²) in [5.74, 6) is 2.74. The maximum absolute atomic E-state index is 9.70. The third-order valence-corrected chi connectivity index (χ3v) is 7.89. The van der Waals surface area contributed by atoms with E-state index < -0.39 is 0 Å². The number of nitriles is 1. The molecule has 4 fully saturated rings. The number of hydrogen-bond acceptors (Lipinski definition) is 4. The van der Waals surface area contributed by atoms with Gasteiger partial charge >= 0.3 is 0 Å². The normalized spacial score (nSPS) is 32.8. The Kier molecular flexibility index (Phi) is 3.62. The Morgan fingerprint density at radius 2 is 1.92 bits per heavy atom. The fourth-order valence-electron chi connectivity index (χ4n) is 6.02. The molecule has 4 aliphatic rings. The van der Waals surface area contributed by atoms with Gasteiger partial charge in [0.05, 0.1) is 17.5 Å². The Hall–Kier alpha value is -1.93. The van der Waals surface area contributed by atoms with Crippen molar-refractivity contribution in [1.29, 1.82) is 5.26 Å². The highest BCUT2D eigenvalue weighted by Gasteiger charge is 2.52. The molecular formula is C21H24N4S. The number of rotatable bonds is 3. The number of aromatic nitrogens is 3.